The molecule has 1 aromatic carbocycles. The van der Waals surface area contributed by atoms with E-state index >= 15 is 0 Å². The number of carboxylic acids is 1. The van der Waals surface area contributed by atoms with Crippen molar-refractivity contribution < 1.29 is 18.3 Å². The summed E-state index contributed by atoms with van der Waals surface area (Å²) in [5, 5.41) is 10.6. The SMILES string of the molecule is Cc1ccc(C)c(N(CC(=O)[O-])S(C)(=O)=O)c1. The van der Waals surface area contributed by atoms with Gasteiger partial charge in [0, 0.05) is 0 Å². The van der Waals surface area contributed by atoms with Crippen molar-refractivity contribution in [3.63, 3.8) is 0 Å². The quantitative estimate of drug-likeness (QED) is 0.748. The van der Waals surface area contributed by atoms with Gasteiger partial charge in [0.15, 0.2) is 0 Å². The van der Waals surface area contributed by atoms with Crippen molar-refractivity contribution in [3.8, 4) is 0 Å². The smallest absolute Gasteiger partial charge is 0.232 e. The topological polar surface area (TPSA) is 77.5 Å². The number of hydrogen-bond donors (Lipinski definition) is 0. The molecule has 1 rings (SSSR count). The van der Waals surface area contributed by atoms with Crippen LogP contribution in [0.4, 0.5) is 5.69 Å². The Balaban J connectivity index is 3.31. The number of sulfonamides is 1. The molecule has 0 aliphatic carbocycles. The molecule has 6 heteroatoms. The average Bonchev–Trinajstić information content (AvgIpc) is 2.16. The van der Waals surface area contributed by atoms with Crippen LogP contribution in [0.25, 0.3) is 0 Å². The summed E-state index contributed by atoms with van der Waals surface area (Å²) in [7, 11) is -3.64. The number of carbonyl (C=O) groups excluding carboxylic acids is 1. The third kappa shape index (κ3) is 3.45. The van der Waals surface area contributed by atoms with Crippen LogP contribution in [0.2, 0.25) is 0 Å². The fourth-order valence-electron chi connectivity index (χ4n) is 1.49. The van der Waals surface area contributed by atoms with E-state index in [1.165, 1.54) is 0 Å². The molecule has 17 heavy (non-hydrogen) atoms. The van der Waals surface area contributed by atoms with Gasteiger partial charge in [0.1, 0.15) is 0 Å². The Morgan fingerprint density at radius 2 is 1.94 bits per heavy atom. The summed E-state index contributed by atoms with van der Waals surface area (Å²) < 4.78 is 24.0. The summed E-state index contributed by atoms with van der Waals surface area (Å²) in [6.07, 6.45) is 0.970. The highest BCUT2D eigenvalue weighted by molar-refractivity contribution is 7.92. The third-order valence-corrected chi connectivity index (χ3v) is 3.43. The number of carbonyl (C=O) groups is 1. The second-order valence-corrected chi connectivity index (χ2v) is 5.84. The van der Waals surface area contributed by atoms with Crippen molar-refractivity contribution in [2.75, 3.05) is 17.1 Å². The van der Waals surface area contributed by atoms with E-state index in [2.05, 4.69) is 0 Å². The molecule has 0 unspecified atom stereocenters. The van der Waals surface area contributed by atoms with Gasteiger partial charge in [-0.15, -0.1) is 0 Å². The molecule has 5 nitrogen and oxygen atoms in total. The second-order valence-electron chi connectivity index (χ2n) is 3.93. The second kappa shape index (κ2) is 4.75. The molecule has 0 aliphatic rings. The van der Waals surface area contributed by atoms with Crippen molar-refractivity contribution in [3.05, 3.63) is 29.3 Å². The fourth-order valence-corrected chi connectivity index (χ4v) is 2.38. The number of aryl methyl sites for hydroxylation is 2. The van der Waals surface area contributed by atoms with Crippen LogP contribution in [-0.2, 0) is 14.8 Å². The number of rotatable bonds is 4. The Morgan fingerprint density at radius 3 is 2.41 bits per heavy atom. The Kier molecular flexibility index (Phi) is 3.77. The van der Waals surface area contributed by atoms with E-state index < -0.39 is 22.5 Å². The molecule has 0 aromatic heterocycles. The summed E-state index contributed by atoms with van der Waals surface area (Å²) in [6, 6.07) is 5.22. The highest BCUT2D eigenvalue weighted by Crippen LogP contribution is 2.23. The number of anilines is 1. The van der Waals surface area contributed by atoms with Gasteiger partial charge >= 0.3 is 0 Å². The zero-order chi connectivity index (χ0) is 13.2. The van der Waals surface area contributed by atoms with Crippen LogP contribution in [0.3, 0.4) is 0 Å². The monoisotopic (exact) mass is 256 g/mol. The Hall–Kier alpha value is -1.56. The summed E-state index contributed by atoms with van der Waals surface area (Å²) in [6.45, 7) is 2.85. The molecule has 0 saturated heterocycles. The largest absolute Gasteiger partial charge is 0.548 e. The van der Waals surface area contributed by atoms with Gasteiger partial charge in [0.2, 0.25) is 10.0 Å². The Labute approximate surface area is 101 Å². The number of aliphatic carboxylic acids is 1. The Bertz CT molecular complexity index is 536. The minimum atomic E-state index is -3.64. The van der Waals surface area contributed by atoms with E-state index in [4.69, 9.17) is 0 Å². The van der Waals surface area contributed by atoms with Crippen LogP contribution in [0, 0.1) is 13.8 Å². The molecule has 0 spiro atoms. The van der Waals surface area contributed by atoms with E-state index in [0.717, 1.165) is 16.1 Å². The maximum Gasteiger partial charge on any atom is 0.232 e. The molecule has 0 saturated carbocycles. The normalized spacial score (nSPS) is 11.2. The summed E-state index contributed by atoms with van der Waals surface area (Å²) >= 11 is 0. The lowest BCUT2D eigenvalue weighted by Gasteiger charge is -2.24. The van der Waals surface area contributed by atoms with Crippen LogP contribution < -0.4 is 9.41 Å². The molecule has 0 amide bonds. The van der Waals surface area contributed by atoms with Gasteiger partial charge < -0.3 is 9.90 Å². The molecular formula is C11H14NO4S-. The van der Waals surface area contributed by atoms with Crippen LogP contribution in [0.1, 0.15) is 11.1 Å². The number of benzene rings is 1. The van der Waals surface area contributed by atoms with Crippen LogP contribution >= 0.6 is 0 Å². The maximum absolute atomic E-state index is 11.6. The molecule has 0 atom stereocenters. The zero-order valence-electron chi connectivity index (χ0n) is 9.93. The van der Waals surface area contributed by atoms with Crippen molar-refractivity contribution >= 4 is 21.7 Å². The van der Waals surface area contributed by atoms with Gasteiger partial charge in [0.25, 0.3) is 0 Å². The molecule has 0 radical (unpaired) electrons. The Morgan fingerprint density at radius 1 is 1.35 bits per heavy atom. The first kappa shape index (κ1) is 13.5. The van der Waals surface area contributed by atoms with Crippen molar-refractivity contribution in [2.24, 2.45) is 0 Å². The maximum atomic E-state index is 11.6. The molecular weight excluding hydrogens is 242 g/mol. The fraction of sp³-hybridized carbons (Fsp3) is 0.364. The molecule has 0 fully saturated rings. The van der Waals surface area contributed by atoms with E-state index in [9.17, 15) is 18.3 Å². The summed E-state index contributed by atoms with van der Waals surface area (Å²) in [5.74, 6) is -1.43. The summed E-state index contributed by atoms with van der Waals surface area (Å²) in [4.78, 5) is 10.6. The zero-order valence-corrected chi connectivity index (χ0v) is 10.7. The van der Waals surface area contributed by atoms with Crippen LogP contribution in [0.15, 0.2) is 18.2 Å². The minimum Gasteiger partial charge on any atom is -0.548 e. The van der Waals surface area contributed by atoms with Crippen LogP contribution in [0.5, 0.6) is 0 Å². The van der Waals surface area contributed by atoms with Gasteiger partial charge in [-0.25, -0.2) is 8.42 Å². The van der Waals surface area contributed by atoms with Crippen LogP contribution in [-0.4, -0.2) is 27.2 Å². The van der Waals surface area contributed by atoms with Gasteiger partial charge in [-0.05, 0) is 31.0 Å². The number of carboxylic acid groups (broad SMARTS) is 1. The molecule has 0 aliphatic heterocycles. The first-order valence-electron chi connectivity index (χ1n) is 4.96. The van der Waals surface area contributed by atoms with Crippen molar-refractivity contribution in [2.45, 2.75) is 13.8 Å². The highest BCUT2D eigenvalue weighted by atomic mass is 32.2. The molecule has 0 heterocycles. The standard InChI is InChI=1S/C11H15NO4S/c1-8-4-5-9(2)10(6-8)12(7-11(13)14)17(3,15)16/h4-6H,7H2,1-3H3,(H,13,14)/p-1. The number of nitrogens with zero attached hydrogens (tertiary/aromatic N) is 1. The van der Waals surface area contributed by atoms with E-state index in [1.807, 2.05) is 13.0 Å². The predicted molar refractivity (Wildman–Crippen MR) is 63.1 cm³/mol. The van der Waals surface area contributed by atoms with Crippen molar-refractivity contribution in [1.29, 1.82) is 0 Å². The molecule has 0 bridgehead atoms. The predicted octanol–water partition coefficient (Wildman–Crippen LogP) is -0.181. The van der Waals surface area contributed by atoms with Gasteiger partial charge in [-0.2, -0.15) is 0 Å². The van der Waals surface area contributed by atoms with E-state index in [-0.39, 0.29) is 0 Å². The van der Waals surface area contributed by atoms with Crippen molar-refractivity contribution in [1.82, 2.24) is 0 Å². The van der Waals surface area contributed by atoms with E-state index in [1.54, 1.807) is 19.1 Å². The average molecular weight is 256 g/mol. The minimum absolute atomic E-state index is 0.372. The highest BCUT2D eigenvalue weighted by Gasteiger charge is 2.19. The molecule has 94 valence electrons. The lowest BCUT2D eigenvalue weighted by atomic mass is 10.1. The first-order chi connectivity index (χ1) is 7.71. The number of hydrogen-bond acceptors (Lipinski definition) is 4. The van der Waals surface area contributed by atoms with E-state index in [0.29, 0.717) is 11.3 Å². The lowest BCUT2D eigenvalue weighted by molar-refractivity contribution is -0.303. The lowest BCUT2D eigenvalue weighted by Crippen LogP contribution is -2.41. The van der Waals surface area contributed by atoms with Gasteiger partial charge in [-0.3, -0.25) is 4.31 Å². The van der Waals surface area contributed by atoms with Gasteiger partial charge in [-0.1, -0.05) is 12.1 Å². The third-order valence-electron chi connectivity index (χ3n) is 2.31. The summed E-state index contributed by atoms with van der Waals surface area (Å²) in [5.41, 5.74) is 1.93. The molecule has 1 aromatic rings. The first-order valence-corrected chi connectivity index (χ1v) is 6.81. The molecule has 0 N–H and O–H groups in total. The van der Waals surface area contributed by atoms with Gasteiger partial charge in [0.05, 0.1) is 24.5 Å².